The molecule has 33 heavy (non-hydrogen) atoms. The molecule has 188 valence electrons. The molecule has 0 saturated heterocycles. The van der Waals surface area contributed by atoms with Gasteiger partial charge in [0, 0.05) is 17.4 Å². The predicted molar refractivity (Wildman–Crippen MR) is 133 cm³/mol. The van der Waals surface area contributed by atoms with Crippen LogP contribution in [0.25, 0.3) is 0 Å². The first kappa shape index (κ1) is 24.3. The molecular weight excluding hydrogens is 408 g/mol. The normalized spacial score (nSPS) is 58.4. The lowest BCUT2D eigenvalue weighted by Gasteiger charge is -2.71. The van der Waals surface area contributed by atoms with Crippen molar-refractivity contribution in [2.75, 3.05) is 13.2 Å². The number of fused-ring (bicyclic) bond motifs is 7. The molecular formula is C30H50O3. The first-order valence-corrected chi connectivity index (χ1v) is 14.0. The highest BCUT2D eigenvalue weighted by Gasteiger charge is 2.68. The largest absolute Gasteiger partial charge is 0.396 e. The molecule has 0 bridgehead atoms. The van der Waals surface area contributed by atoms with E-state index in [1.807, 2.05) is 0 Å². The summed E-state index contributed by atoms with van der Waals surface area (Å²) in [4.78, 5) is 0. The Bertz CT molecular complexity index is 821. The summed E-state index contributed by atoms with van der Waals surface area (Å²) < 4.78 is 0. The third kappa shape index (κ3) is 2.85. The summed E-state index contributed by atoms with van der Waals surface area (Å²) in [6.45, 7) is 15.2. The van der Waals surface area contributed by atoms with Crippen LogP contribution in [0.2, 0.25) is 0 Å². The van der Waals surface area contributed by atoms with E-state index in [2.05, 4.69) is 47.6 Å². The fourth-order valence-corrected chi connectivity index (χ4v) is 10.9. The van der Waals surface area contributed by atoms with Crippen LogP contribution in [0, 0.1) is 56.7 Å². The van der Waals surface area contributed by atoms with Gasteiger partial charge in [-0.1, -0.05) is 53.2 Å². The standard InChI is InChI=1S/C30H50O3/c1-19-9-14-30(18-32)16-15-28(5)21(25(30)20(19)2)7-8-23-26(3)12-11-24(33)27(4,17-31)22(26)10-13-29(23,28)6/h7,19-20,22-25,31-33H,8-18H2,1-6H3/t19-,20+,22?,23-,24+,25+,26+,27?,28-,29-,30-/m1/s1. The number of rotatable bonds is 2. The predicted octanol–water partition coefficient (Wildman–Crippen LogP) is 5.97. The molecule has 0 radical (unpaired) electrons. The summed E-state index contributed by atoms with van der Waals surface area (Å²) in [5.41, 5.74) is 1.99. The minimum Gasteiger partial charge on any atom is -0.396 e. The van der Waals surface area contributed by atoms with Crippen LogP contribution < -0.4 is 0 Å². The van der Waals surface area contributed by atoms with Crippen molar-refractivity contribution < 1.29 is 15.3 Å². The van der Waals surface area contributed by atoms with Crippen molar-refractivity contribution in [1.82, 2.24) is 0 Å². The molecule has 0 spiro atoms. The average Bonchev–Trinajstić information content (AvgIpc) is 2.79. The van der Waals surface area contributed by atoms with Crippen molar-refractivity contribution in [3.63, 3.8) is 0 Å². The molecule has 3 heteroatoms. The molecule has 0 aromatic carbocycles. The van der Waals surface area contributed by atoms with Crippen LogP contribution in [0.4, 0.5) is 0 Å². The molecule has 5 aliphatic carbocycles. The highest BCUT2D eigenvalue weighted by Crippen LogP contribution is 2.75. The fourth-order valence-electron chi connectivity index (χ4n) is 10.9. The molecule has 0 heterocycles. The second kappa shape index (κ2) is 7.56. The van der Waals surface area contributed by atoms with E-state index in [0.29, 0.717) is 30.3 Å². The summed E-state index contributed by atoms with van der Waals surface area (Å²) in [5, 5.41) is 32.0. The highest BCUT2D eigenvalue weighted by atomic mass is 16.3. The van der Waals surface area contributed by atoms with Crippen LogP contribution in [-0.4, -0.2) is 34.6 Å². The van der Waals surface area contributed by atoms with Crippen molar-refractivity contribution in [2.24, 2.45) is 56.7 Å². The molecule has 5 aliphatic rings. The molecule has 11 atom stereocenters. The first-order valence-electron chi connectivity index (χ1n) is 14.0. The van der Waals surface area contributed by atoms with Gasteiger partial charge in [0.05, 0.1) is 12.7 Å². The summed E-state index contributed by atoms with van der Waals surface area (Å²) in [7, 11) is 0. The van der Waals surface area contributed by atoms with Crippen LogP contribution >= 0.6 is 0 Å². The minimum atomic E-state index is -0.389. The fraction of sp³-hybridized carbons (Fsp3) is 0.933. The molecule has 3 nitrogen and oxygen atoms in total. The van der Waals surface area contributed by atoms with E-state index in [-0.39, 0.29) is 39.8 Å². The van der Waals surface area contributed by atoms with Crippen LogP contribution in [0.15, 0.2) is 11.6 Å². The van der Waals surface area contributed by atoms with Crippen LogP contribution in [0.3, 0.4) is 0 Å². The van der Waals surface area contributed by atoms with Crippen LogP contribution in [0.1, 0.15) is 99.3 Å². The number of hydrogen-bond donors (Lipinski definition) is 3. The smallest absolute Gasteiger partial charge is 0.0618 e. The van der Waals surface area contributed by atoms with E-state index in [9.17, 15) is 15.3 Å². The molecule has 4 fully saturated rings. The lowest BCUT2D eigenvalue weighted by Crippen LogP contribution is -2.66. The van der Waals surface area contributed by atoms with Crippen molar-refractivity contribution >= 4 is 0 Å². The summed E-state index contributed by atoms with van der Waals surface area (Å²) in [5.74, 6) is 2.84. The maximum atomic E-state index is 10.9. The number of allylic oxidation sites excluding steroid dienone is 2. The molecule has 4 saturated carbocycles. The summed E-state index contributed by atoms with van der Waals surface area (Å²) in [6.07, 6.45) is 12.4. The van der Waals surface area contributed by atoms with Gasteiger partial charge in [-0.05, 0) is 104 Å². The van der Waals surface area contributed by atoms with E-state index in [0.717, 1.165) is 38.0 Å². The van der Waals surface area contributed by atoms with Crippen LogP contribution in [0.5, 0.6) is 0 Å². The molecule has 0 aliphatic heterocycles. The van der Waals surface area contributed by atoms with Gasteiger partial charge in [0.1, 0.15) is 0 Å². The Morgan fingerprint density at radius 3 is 2.24 bits per heavy atom. The van der Waals surface area contributed by atoms with Crippen molar-refractivity contribution in [2.45, 2.75) is 105 Å². The topological polar surface area (TPSA) is 60.7 Å². The molecule has 0 aromatic rings. The minimum absolute atomic E-state index is 0.0893. The van der Waals surface area contributed by atoms with E-state index in [1.54, 1.807) is 5.57 Å². The Morgan fingerprint density at radius 2 is 1.58 bits per heavy atom. The molecule has 3 N–H and O–H groups in total. The van der Waals surface area contributed by atoms with Crippen molar-refractivity contribution in [3.8, 4) is 0 Å². The van der Waals surface area contributed by atoms with Gasteiger partial charge >= 0.3 is 0 Å². The van der Waals surface area contributed by atoms with E-state index >= 15 is 0 Å². The highest BCUT2D eigenvalue weighted by molar-refractivity contribution is 5.34. The van der Waals surface area contributed by atoms with Gasteiger partial charge in [-0.25, -0.2) is 0 Å². The van der Waals surface area contributed by atoms with Gasteiger partial charge in [0.2, 0.25) is 0 Å². The lowest BCUT2D eigenvalue weighted by atomic mass is 9.33. The number of hydrogen-bond acceptors (Lipinski definition) is 3. The van der Waals surface area contributed by atoms with E-state index < -0.39 is 0 Å². The Morgan fingerprint density at radius 1 is 0.848 bits per heavy atom. The van der Waals surface area contributed by atoms with Crippen molar-refractivity contribution in [3.05, 3.63) is 11.6 Å². The summed E-state index contributed by atoms with van der Waals surface area (Å²) >= 11 is 0. The SMILES string of the molecule is C[C@H]1[C@H](C)CC[C@]2(CO)CC[C@]3(C)C(=CC[C@@H]4[C@@]5(C)CC[C@H](O)C(C)(CO)C5CC[C@]43C)[C@H]12. The van der Waals surface area contributed by atoms with E-state index in [4.69, 9.17) is 0 Å². The molecule has 0 amide bonds. The van der Waals surface area contributed by atoms with E-state index in [1.165, 1.54) is 25.7 Å². The Hall–Kier alpha value is -0.380. The van der Waals surface area contributed by atoms with Gasteiger partial charge in [-0.3, -0.25) is 0 Å². The third-order valence-electron chi connectivity index (χ3n) is 13.6. The lowest BCUT2D eigenvalue weighted by molar-refractivity contribution is -0.217. The van der Waals surface area contributed by atoms with Crippen LogP contribution in [-0.2, 0) is 0 Å². The van der Waals surface area contributed by atoms with Gasteiger partial charge in [-0.15, -0.1) is 0 Å². The maximum Gasteiger partial charge on any atom is 0.0618 e. The zero-order valence-electron chi connectivity index (χ0n) is 22.2. The van der Waals surface area contributed by atoms with Gasteiger partial charge in [-0.2, -0.15) is 0 Å². The summed E-state index contributed by atoms with van der Waals surface area (Å²) in [6, 6.07) is 0. The average molecular weight is 459 g/mol. The monoisotopic (exact) mass is 458 g/mol. The zero-order chi connectivity index (χ0) is 24.0. The molecule has 5 rings (SSSR count). The Balaban J connectivity index is 1.59. The number of aliphatic hydroxyl groups excluding tert-OH is 3. The number of aliphatic hydroxyl groups is 3. The van der Waals surface area contributed by atoms with Crippen molar-refractivity contribution in [1.29, 1.82) is 0 Å². The Kier molecular flexibility index (Phi) is 5.57. The second-order valence-electron chi connectivity index (χ2n) is 14.4. The van der Waals surface area contributed by atoms with Gasteiger partial charge in [0.25, 0.3) is 0 Å². The quantitative estimate of drug-likeness (QED) is 0.447. The van der Waals surface area contributed by atoms with Gasteiger partial charge in [0.15, 0.2) is 0 Å². The second-order valence-corrected chi connectivity index (χ2v) is 14.4. The molecule has 0 aromatic heterocycles. The Labute approximate surface area is 202 Å². The molecule has 2 unspecified atom stereocenters. The third-order valence-corrected chi connectivity index (χ3v) is 13.6. The maximum absolute atomic E-state index is 10.9. The first-order chi connectivity index (χ1) is 15.4. The van der Waals surface area contributed by atoms with Gasteiger partial charge < -0.3 is 15.3 Å². The zero-order valence-corrected chi connectivity index (χ0v) is 22.2.